The standard InChI is InChI=1S/C47H50O8/c1-6-16-36(17-7-1)29-48-34-43-46(52-32-39-22-12-4-13-23-39)41(26-27-50-43)54-45-28-42(51-31-38-20-10-3-11-21-38)47(53-33-40-24-14-5-15-25-40)44(55-45)35-49-30-37-18-8-2-9-19-37/h1-27,41-47H,28-35H2/t41-,42-,43-,44-,45-,46-,47+/m1/s1. The van der Waals surface area contributed by atoms with Gasteiger partial charge in [-0.1, -0.05) is 152 Å². The van der Waals surface area contributed by atoms with E-state index in [2.05, 4.69) is 36.4 Å². The lowest BCUT2D eigenvalue weighted by Crippen LogP contribution is -2.55. The summed E-state index contributed by atoms with van der Waals surface area (Å²) in [5.74, 6) is 0. The maximum atomic E-state index is 6.86. The van der Waals surface area contributed by atoms with Gasteiger partial charge in [-0.05, 0) is 33.9 Å². The van der Waals surface area contributed by atoms with Crippen molar-refractivity contribution in [3.8, 4) is 0 Å². The van der Waals surface area contributed by atoms with Crippen LogP contribution in [0.3, 0.4) is 0 Å². The predicted octanol–water partition coefficient (Wildman–Crippen LogP) is 8.59. The Kier molecular flexibility index (Phi) is 14.7. The third-order valence-electron chi connectivity index (χ3n) is 9.67. The van der Waals surface area contributed by atoms with Crippen molar-refractivity contribution in [2.75, 3.05) is 13.2 Å². The second kappa shape index (κ2) is 20.9. The molecule has 0 N–H and O–H groups in total. The van der Waals surface area contributed by atoms with Crippen molar-refractivity contribution in [1.82, 2.24) is 0 Å². The zero-order chi connectivity index (χ0) is 37.3. The van der Waals surface area contributed by atoms with Crippen LogP contribution in [0.15, 0.2) is 164 Å². The van der Waals surface area contributed by atoms with E-state index in [1.807, 2.05) is 121 Å². The lowest BCUT2D eigenvalue weighted by atomic mass is 10.00. The summed E-state index contributed by atoms with van der Waals surface area (Å²) < 4.78 is 52.2. The maximum absolute atomic E-state index is 6.86. The molecule has 0 unspecified atom stereocenters. The molecule has 55 heavy (non-hydrogen) atoms. The van der Waals surface area contributed by atoms with E-state index in [1.54, 1.807) is 6.26 Å². The van der Waals surface area contributed by atoms with Crippen molar-refractivity contribution in [2.24, 2.45) is 0 Å². The number of rotatable bonds is 19. The van der Waals surface area contributed by atoms with Gasteiger partial charge in [0.2, 0.25) is 0 Å². The molecule has 5 aromatic rings. The normalized spacial score (nSPS) is 23.6. The summed E-state index contributed by atoms with van der Waals surface area (Å²) in [7, 11) is 0. The van der Waals surface area contributed by atoms with Gasteiger partial charge in [-0.2, -0.15) is 0 Å². The number of hydrogen-bond donors (Lipinski definition) is 0. The molecule has 7 atom stereocenters. The van der Waals surface area contributed by atoms with Crippen molar-refractivity contribution >= 4 is 0 Å². The van der Waals surface area contributed by atoms with Gasteiger partial charge in [-0.15, -0.1) is 0 Å². The SMILES string of the molecule is C1=C[C@@H](O[C@H]2C[C@@H](OCc3ccccc3)[C@H](OCc3ccccc3)[C@@H](COCc3ccccc3)O2)[C@@H](OCc2ccccc2)[C@@H](COCc2ccccc2)O1. The summed E-state index contributed by atoms with van der Waals surface area (Å²) in [5.41, 5.74) is 5.36. The van der Waals surface area contributed by atoms with E-state index in [0.717, 1.165) is 27.8 Å². The summed E-state index contributed by atoms with van der Waals surface area (Å²) in [6.45, 7) is 2.71. The second-order valence-electron chi connectivity index (χ2n) is 13.8. The van der Waals surface area contributed by atoms with Crippen LogP contribution in [0.2, 0.25) is 0 Å². The van der Waals surface area contributed by atoms with Crippen LogP contribution in [-0.4, -0.2) is 56.1 Å². The molecule has 0 aromatic heterocycles. The summed E-state index contributed by atoms with van der Waals surface area (Å²) >= 11 is 0. The first-order chi connectivity index (χ1) is 27.3. The van der Waals surface area contributed by atoms with Gasteiger partial charge in [0.15, 0.2) is 6.29 Å². The highest BCUT2D eigenvalue weighted by atomic mass is 16.7. The number of hydrogen-bond acceptors (Lipinski definition) is 8. The van der Waals surface area contributed by atoms with E-state index in [0.29, 0.717) is 46.1 Å². The topological polar surface area (TPSA) is 73.8 Å². The molecule has 2 aliphatic heterocycles. The van der Waals surface area contributed by atoms with Crippen LogP contribution in [0.4, 0.5) is 0 Å². The third-order valence-corrected chi connectivity index (χ3v) is 9.67. The average molecular weight is 743 g/mol. The van der Waals surface area contributed by atoms with Gasteiger partial charge in [-0.25, -0.2) is 0 Å². The van der Waals surface area contributed by atoms with Crippen LogP contribution in [-0.2, 0) is 70.9 Å². The Bertz CT molecular complexity index is 1810. The van der Waals surface area contributed by atoms with Crippen LogP contribution < -0.4 is 0 Å². The van der Waals surface area contributed by atoms with Gasteiger partial charge in [0.05, 0.1) is 58.6 Å². The summed E-state index contributed by atoms with van der Waals surface area (Å²) in [6, 6.07) is 50.6. The molecule has 1 fully saturated rings. The van der Waals surface area contributed by atoms with E-state index < -0.39 is 36.8 Å². The molecule has 2 aliphatic rings. The quantitative estimate of drug-likeness (QED) is 0.0834. The monoisotopic (exact) mass is 742 g/mol. The number of ether oxygens (including phenoxy) is 8. The molecule has 8 heteroatoms. The molecular formula is C47H50O8. The minimum atomic E-state index is -0.649. The molecule has 286 valence electrons. The fourth-order valence-corrected chi connectivity index (χ4v) is 6.79. The molecule has 0 bridgehead atoms. The van der Waals surface area contributed by atoms with Crippen LogP contribution in [0.5, 0.6) is 0 Å². The maximum Gasteiger partial charge on any atom is 0.161 e. The Morgan fingerprint density at radius 1 is 0.455 bits per heavy atom. The third kappa shape index (κ3) is 11.9. The zero-order valence-corrected chi connectivity index (χ0v) is 31.1. The van der Waals surface area contributed by atoms with Gasteiger partial charge >= 0.3 is 0 Å². The number of benzene rings is 5. The van der Waals surface area contributed by atoms with Crippen molar-refractivity contribution < 1.29 is 37.9 Å². The fraction of sp³-hybridized carbons (Fsp3) is 0.319. The van der Waals surface area contributed by atoms with Crippen LogP contribution in [0.1, 0.15) is 34.2 Å². The molecular weight excluding hydrogens is 693 g/mol. The minimum Gasteiger partial charge on any atom is -0.493 e. The van der Waals surface area contributed by atoms with E-state index in [9.17, 15) is 0 Å². The lowest BCUT2D eigenvalue weighted by Gasteiger charge is -2.43. The molecule has 7 rings (SSSR count). The smallest absolute Gasteiger partial charge is 0.161 e. The Morgan fingerprint density at radius 3 is 1.36 bits per heavy atom. The molecule has 0 spiro atoms. The fourth-order valence-electron chi connectivity index (χ4n) is 6.79. The van der Waals surface area contributed by atoms with Crippen LogP contribution >= 0.6 is 0 Å². The van der Waals surface area contributed by atoms with Gasteiger partial charge in [0, 0.05) is 6.42 Å². The first kappa shape index (κ1) is 38.6. The predicted molar refractivity (Wildman–Crippen MR) is 209 cm³/mol. The van der Waals surface area contributed by atoms with Crippen molar-refractivity contribution in [1.29, 1.82) is 0 Å². The summed E-state index contributed by atoms with van der Waals surface area (Å²) in [6.07, 6.45) is 0.723. The Balaban J connectivity index is 1.09. The van der Waals surface area contributed by atoms with Gasteiger partial charge in [0.1, 0.15) is 30.5 Å². The lowest BCUT2D eigenvalue weighted by molar-refractivity contribution is -0.296. The molecule has 1 saturated heterocycles. The Hall–Kier alpha value is -4.64. The van der Waals surface area contributed by atoms with Gasteiger partial charge in [0.25, 0.3) is 0 Å². The first-order valence-corrected chi connectivity index (χ1v) is 19.1. The van der Waals surface area contributed by atoms with E-state index >= 15 is 0 Å². The van der Waals surface area contributed by atoms with Crippen molar-refractivity contribution in [2.45, 2.75) is 82.4 Å². The molecule has 0 amide bonds. The van der Waals surface area contributed by atoms with Gasteiger partial charge < -0.3 is 37.9 Å². The van der Waals surface area contributed by atoms with Crippen LogP contribution in [0.25, 0.3) is 0 Å². The molecule has 2 heterocycles. The van der Waals surface area contributed by atoms with E-state index in [4.69, 9.17) is 37.9 Å². The molecule has 5 aromatic carbocycles. The Labute approximate surface area is 324 Å². The first-order valence-electron chi connectivity index (χ1n) is 19.1. The largest absolute Gasteiger partial charge is 0.493 e. The Morgan fingerprint density at radius 2 is 0.873 bits per heavy atom. The molecule has 0 radical (unpaired) electrons. The van der Waals surface area contributed by atoms with Crippen LogP contribution in [0, 0.1) is 0 Å². The summed E-state index contributed by atoms with van der Waals surface area (Å²) in [4.78, 5) is 0. The highest BCUT2D eigenvalue weighted by Gasteiger charge is 2.44. The van der Waals surface area contributed by atoms with Gasteiger partial charge in [-0.3, -0.25) is 0 Å². The minimum absolute atomic E-state index is 0.285. The highest BCUT2D eigenvalue weighted by molar-refractivity contribution is 5.17. The van der Waals surface area contributed by atoms with E-state index in [-0.39, 0.29) is 12.7 Å². The molecule has 0 saturated carbocycles. The zero-order valence-electron chi connectivity index (χ0n) is 31.1. The van der Waals surface area contributed by atoms with Crippen molar-refractivity contribution in [3.63, 3.8) is 0 Å². The summed E-state index contributed by atoms with van der Waals surface area (Å²) in [5, 5.41) is 0. The van der Waals surface area contributed by atoms with Crippen molar-refractivity contribution in [3.05, 3.63) is 192 Å². The second-order valence-corrected chi connectivity index (χ2v) is 13.8. The molecule has 8 nitrogen and oxygen atoms in total. The molecule has 0 aliphatic carbocycles. The average Bonchev–Trinajstić information content (AvgIpc) is 3.24. The van der Waals surface area contributed by atoms with E-state index in [1.165, 1.54) is 0 Å². The highest BCUT2D eigenvalue weighted by Crippen LogP contribution is 2.31.